The number of nitrogens with two attached hydrogens (primary N) is 1. The molecular formula is C10H8Cl2N4O. The number of aromatic nitrogens is 2. The maximum atomic E-state index is 11.3. The summed E-state index contributed by atoms with van der Waals surface area (Å²) in [6.07, 6.45) is 1.27. The van der Waals surface area contributed by atoms with E-state index >= 15 is 0 Å². The predicted octanol–water partition coefficient (Wildman–Crippen LogP) is 2.40. The van der Waals surface area contributed by atoms with E-state index in [4.69, 9.17) is 28.9 Å². The quantitative estimate of drug-likeness (QED) is 0.783. The molecule has 1 heterocycles. The van der Waals surface area contributed by atoms with Crippen LogP contribution < -0.4 is 16.6 Å². The Kier molecular flexibility index (Phi) is 3.21. The molecule has 0 amide bonds. The molecule has 7 heteroatoms. The molecule has 4 N–H and O–H groups in total. The van der Waals surface area contributed by atoms with Crippen LogP contribution in [0.2, 0.25) is 10.0 Å². The van der Waals surface area contributed by atoms with Crippen LogP contribution in [0.4, 0.5) is 17.3 Å². The van der Waals surface area contributed by atoms with Gasteiger partial charge in [-0.25, -0.2) is 4.98 Å². The minimum Gasteiger partial charge on any atom is -0.393 e. The van der Waals surface area contributed by atoms with Gasteiger partial charge in [0.05, 0.1) is 16.9 Å². The van der Waals surface area contributed by atoms with E-state index in [1.54, 1.807) is 18.2 Å². The fraction of sp³-hybridized carbons (Fsp3) is 0. The molecule has 0 aliphatic heterocycles. The third kappa shape index (κ3) is 2.69. The highest BCUT2D eigenvalue weighted by atomic mass is 35.5. The summed E-state index contributed by atoms with van der Waals surface area (Å²) in [5.74, 6) is 0.258. The van der Waals surface area contributed by atoms with Gasteiger partial charge in [0.15, 0.2) is 0 Å². The molecule has 0 unspecified atom stereocenters. The number of H-pyrrole nitrogens is 1. The van der Waals surface area contributed by atoms with Crippen molar-refractivity contribution in [2.75, 3.05) is 11.1 Å². The molecule has 17 heavy (non-hydrogen) atoms. The van der Waals surface area contributed by atoms with E-state index in [9.17, 15) is 4.79 Å². The Morgan fingerprint density at radius 2 is 2.12 bits per heavy atom. The Labute approximate surface area is 107 Å². The van der Waals surface area contributed by atoms with Crippen molar-refractivity contribution in [1.82, 2.24) is 9.97 Å². The lowest BCUT2D eigenvalue weighted by molar-refractivity contribution is 1.13. The Bertz CT molecular complexity index is 611. The number of hydrogen-bond acceptors (Lipinski definition) is 4. The second kappa shape index (κ2) is 4.65. The topological polar surface area (TPSA) is 83.8 Å². The van der Waals surface area contributed by atoms with Crippen LogP contribution in [0.3, 0.4) is 0 Å². The van der Waals surface area contributed by atoms with Crippen molar-refractivity contribution in [3.05, 3.63) is 44.8 Å². The summed E-state index contributed by atoms with van der Waals surface area (Å²) in [5.41, 5.74) is 5.59. The molecule has 0 saturated heterocycles. The molecule has 0 fully saturated rings. The summed E-state index contributed by atoms with van der Waals surface area (Å²) in [4.78, 5) is 17.6. The molecule has 0 aliphatic carbocycles. The number of hydrogen-bond donors (Lipinski definition) is 3. The van der Waals surface area contributed by atoms with Gasteiger partial charge in [0, 0.05) is 5.02 Å². The van der Waals surface area contributed by atoms with E-state index in [-0.39, 0.29) is 11.6 Å². The summed E-state index contributed by atoms with van der Waals surface area (Å²) in [6, 6.07) is 4.94. The van der Waals surface area contributed by atoms with E-state index in [0.29, 0.717) is 15.7 Å². The second-order valence-corrected chi connectivity index (χ2v) is 4.11. The third-order valence-corrected chi connectivity index (χ3v) is 2.56. The monoisotopic (exact) mass is 270 g/mol. The summed E-state index contributed by atoms with van der Waals surface area (Å²) < 4.78 is 0. The normalized spacial score (nSPS) is 10.2. The number of nitrogens with zero attached hydrogens (tertiary/aromatic N) is 1. The molecule has 88 valence electrons. The highest BCUT2D eigenvalue weighted by Crippen LogP contribution is 2.26. The van der Waals surface area contributed by atoms with Gasteiger partial charge in [0.1, 0.15) is 5.69 Å². The summed E-state index contributed by atoms with van der Waals surface area (Å²) in [5, 5.41) is 3.81. The lowest BCUT2D eigenvalue weighted by atomic mass is 10.3. The SMILES string of the molecule is Nc1cnc(Nc2ccc(Cl)cc2Cl)[nH]c1=O. The zero-order valence-corrected chi connectivity index (χ0v) is 10.0. The molecule has 0 atom stereocenters. The summed E-state index contributed by atoms with van der Waals surface area (Å²) in [7, 11) is 0. The van der Waals surface area contributed by atoms with Gasteiger partial charge in [-0.1, -0.05) is 23.2 Å². The zero-order chi connectivity index (χ0) is 12.4. The van der Waals surface area contributed by atoms with Crippen LogP contribution >= 0.6 is 23.2 Å². The van der Waals surface area contributed by atoms with Crippen LogP contribution in [0, 0.1) is 0 Å². The van der Waals surface area contributed by atoms with Gasteiger partial charge >= 0.3 is 0 Å². The molecule has 0 bridgehead atoms. The van der Waals surface area contributed by atoms with E-state index in [0.717, 1.165) is 0 Å². The van der Waals surface area contributed by atoms with Crippen molar-refractivity contribution in [1.29, 1.82) is 0 Å². The number of nitrogen functional groups attached to an aromatic ring is 1. The van der Waals surface area contributed by atoms with Gasteiger partial charge in [-0.2, -0.15) is 0 Å². The van der Waals surface area contributed by atoms with E-state index in [1.807, 2.05) is 0 Å². The van der Waals surface area contributed by atoms with Gasteiger partial charge in [0.2, 0.25) is 5.95 Å². The van der Waals surface area contributed by atoms with Crippen molar-refractivity contribution in [2.24, 2.45) is 0 Å². The molecule has 2 rings (SSSR count). The first-order valence-corrected chi connectivity index (χ1v) is 5.39. The molecule has 0 saturated carbocycles. The maximum Gasteiger partial charge on any atom is 0.275 e. The number of aromatic amines is 1. The minimum absolute atomic E-state index is 0.0535. The maximum absolute atomic E-state index is 11.3. The molecule has 0 radical (unpaired) electrons. The largest absolute Gasteiger partial charge is 0.393 e. The van der Waals surface area contributed by atoms with Gasteiger partial charge in [-0.3, -0.25) is 9.78 Å². The van der Waals surface area contributed by atoms with Crippen LogP contribution in [0.25, 0.3) is 0 Å². The summed E-state index contributed by atoms with van der Waals surface area (Å²) in [6.45, 7) is 0. The molecule has 2 aromatic rings. The highest BCUT2D eigenvalue weighted by molar-refractivity contribution is 6.36. The fourth-order valence-corrected chi connectivity index (χ4v) is 1.64. The fourth-order valence-electron chi connectivity index (χ4n) is 1.19. The minimum atomic E-state index is -0.410. The standard InChI is InChI=1S/C10H8Cl2N4O/c11-5-1-2-8(6(12)3-5)15-10-14-4-7(13)9(17)16-10/h1-4H,13H2,(H2,14,15,16,17). The number of nitrogens with one attached hydrogen (secondary N) is 2. The van der Waals surface area contributed by atoms with Crippen LogP contribution in [0.5, 0.6) is 0 Å². The van der Waals surface area contributed by atoms with Gasteiger partial charge in [0.25, 0.3) is 5.56 Å². The van der Waals surface area contributed by atoms with E-state index in [2.05, 4.69) is 15.3 Å². The number of halogens is 2. The molecule has 0 aliphatic rings. The zero-order valence-electron chi connectivity index (χ0n) is 8.50. The Balaban J connectivity index is 2.31. The second-order valence-electron chi connectivity index (χ2n) is 3.27. The Hall–Kier alpha value is -1.72. The van der Waals surface area contributed by atoms with Crippen molar-refractivity contribution < 1.29 is 0 Å². The smallest absolute Gasteiger partial charge is 0.275 e. The number of rotatable bonds is 2. The Morgan fingerprint density at radius 1 is 1.35 bits per heavy atom. The first kappa shape index (κ1) is 11.8. The van der Waals surface area contributed by atoms with Crippen LogP contribution in [-0.4, -0.2) is 9.97 Å². The first-order chi connectivity index (χ1) is 8.06. The molecule has 1 aromatic heterocycles. The molecule has 5 nitrogen and oxygen atoms in total. The average molecular weight is 271 g/mol. The van der Waals surface area contributed by atoms with E-state index < -0.39 is 5.56 Å². The lowest BCUT2D eigenvalue weighted by Crippen LogP contribution is -2.14. The average Bonchev–Trinajstić information content (AvgIpc) is 2.27. The van der Waals surface area contributed by atoms with Crippen LogP contribution in [-0.2, 0) is 0 Å². The predicted molar refractivity (Wildman–Crippen MR) is 69.0 cm³/mol. The molecule has 1 aromatic carbocycles. The van der Waals surface area contributed by atoms with Gasteiger partial charge in [-0.05, 0) is 18.2 Å². The van der Waals surface area contributed by atoms with Crippen molar-refractivity contribution >= 4 is 40.5 Å². The van der Waals surface area contributed by atoms with Crippen LogP contribution in [0.15, 0.2) is 29.2 Å². The van der Waals surface area contributed by atoms with Crippen molar-refractivity contribution in [3.63, 3.8) is 0 Å². The third-order valence-electron chi connectivity index (χ3n) is 2.01. The van der Waals surface area contributed by atoms with Gasteiger partial charge in [-0.15, -0.1) is 0 Å². The highest BCUT2D eigenvalue weighted by Gasteiger charge is 2.04. The lowest BCUT2D eigenvalue weighted by Gasteiger charge is -2.07. The van der Waals surface area contributed by atoms with Gasteiger partial charge < -0.3 is 11.1 Å². The van der Waals surface area contributed by atoms with E-state index in [1.165, 1.54) is 6.20 Å². The van der Waals surface area contributed by atoms with Crippen LogP contribution in [0.1, 0.15) is 0 Å². The number of benzene rings is 1. The first-order valence-electron chi connectivity index (χ1n) is 4.63. The number of anilines is 3. The van der Waals surface area contributed by atoms with Crippen molar-refractivity contribution in [3.8, 4) is 0 Å². The Morgan fingerprint density at radius 3 is 2.76 bits per heavy atom. The molecular weight excluding hydrogens is 263 g/mol. The molecule has 0 spiro atoms. The summed E-state index contributed by atoms with van der Waals surface area (Å²) >= 11 is 11.7. The van der Waals surface area contributed by atoms with Crippen molar-refractivity contribution in [2.45, 2.75) is 0 Å².